The number of nitrogens with zero attached hydrogens (tertiary/aromatic N) is 3. The van der Waals surface area contributed by atoms with Gasteiger partial charge in [0.2, 0.25) is 5.88 Å². The molecule has 1 aliphatic rings. The number of ether oxygens (including phenoxy) is 3. The van der Waals surface area contributed by atoms with E-state index >= 15 is 0 Å². The summed E-state index contributed by atoms with van der Waals surface area (Å²) in [7, 11) is 0. The normalized spacial score (nSPS) is 13.6. The number of carbonyl (C=O) groups excluding carboxylic acids is 1. The van der Waals surface area contributed by atoms with Crippen LogP contribution in [0.4, 0.5) is 4.79 Å². The minimum absolute atomic E-state index is 0.0433. The molecular weight excluding hydrogens is 490 g/mol. The number of piperidine rings is 1. The Kier molecular flexibility index (Phi) is 8.36. The average molecular weight is 524 g/mol. The minimum atomic E-state index is -0.323. The molecule has 3 heterocycles. The number of amides is 1. The first-order valence-corrected chi connectivity index (χ1v) is 13.3. The van der Waals surface area contributed by atoms with Gasteiger partial charge in [0.05, 0.1) is 0 Å². The molecule has 200 valence electrons. The molecule has 0 spiro atoms. The summed E-state index contributed by atoms with van der Waals surface area (Å²) in [6, 6.07) is 23.2. The van der Waals surface area contributed by atoms with Gasteiger partial charge in [-0.1, -0.05) is 18.2 Å². The van der Waals surface area contributed by atoms with Crippen molar-refractivity contribution in [2.24, 2.45) is 0 Å². The number of pyridine rings is 2. The third-order valence-electron chi connectivity index (χ3n) is 6.70. The van der Waals surface area contributed by atoms with Crippen molar-refractivity contribution in [3.05, 3.63) is 108 Å². The molecule has 4 aromatic rings. The van der Waals surface area contributed by atoms with Crippen LogP contribution < -0.4 is 14.2 Å². The summed E-state index contributed by atoms with van der Waals surface area (Å²) < 4.78 is 17.5. The summed E-state index contributed by atoms with van der Waals surface area (Å²) in [5, 5.41) is 0. The van der Waals surface area contributed by atoms with Crippen LogP contribution in [0.15, 0.2) is 85.2 Å². The third kappa shape index (κ3) is 7.57. The molecule has 7 nitrogen and oxygen atoms in total. The molecule has 1 aliphatic heterocycles. The Morgan fingerprint density at radius 1 is 0.821 bits per heavy atom. The fraction of sp³-hybridized carbons (Fsp3) is 0.281. The van der Waals surface area contributed by atoms with Crippen LogP contribution in [-0.2, 0) is 12.8 Å². The molecule has 1 fully saturated rings. The number of aromatic nitrogens is 2. The fourth-order valence-corrected chi connectivity index (χ4v) is 4.47. The van der Waals surface area contributed by atoms with Crippen molar-refractivity contribution in [3.63, 3.8) is 0 Å². The zero-order valence-corrected chi connectivity index (χ0v) is 22.4. The Bertz CT molecular complexity index is 1360. The number of aryl methyl sites for hydroxylation is 4. The molecule has 1 saturated heterocycles. The molecule has 0 aliphatic carbocycles. The van der Waals surface area contributed by atoms with Gasteiger partial charge in [-0.2, -0.15) is 0 Å². The standard InChI is InChI=1S/C32H33N3O4/c1-23-15-18-33-26(21-23)7-4-25-5-8-29(9-6-25)39-32(36)35-19-16-30(17-20-35)37-27-10-12-28(13-11-27)38-31-14-3-24(2)22-34-31/h3,5-6,8-15,18,21-22,30H,4,7,16-17,19-20H2,1-2H3. The topological polar surface area (TPSA) is 73.8 Å². The van der Waals surface area contributed by atoms with Crippen LogP contribution in [-0.4, -0.2) is 40.2 Å². The summed E-state index contributed by atoms with van der Waals surface area (Å²) >= 11 is 0. The zero-order valence-electron chi connectivity index (χ0n) is 22.4. The number of carbonyl (C=O) groups is 1. The first-order valence-electron chi connectivity index (χ1n) is 13.3. The molecular formula is C32H33N3O4. The smallest absolute Gasteiger partial charge is 0.415 e. The summed E-state index contributed by atoms with van der Waals surface area (Å²) in [6.45, 7) is 5.24. The largest absolute Gasteiger partial charge is 0.490 e. The van der Waals surface area contributed by atoms with Gasteiger partial charge in [0.25, 0.3) is 0 Å². The zero-order chi connectivity index (χ0) is 27.0. The van der Waals surface area contributed by atoms with Crippen LogP contribution in [0.1, 0.15) is 35.2 Å². The summed E-state index contributed by atoms with van der Waals surface area (Å²) in [5.74, 6) is 2.59. The van der Waals surface area contributed by atoms with E-state index in [4.69, 9.17) is 14.2 Å². The Morgan fingerprint density at radius 2 is 1.54 bits per heavy atom. The monoisotopic (exact) mass is 523 g/mol. The van der Waals surface area contributed by atoms with Crippen LogP contribution in [0, 0.1) is 13.8 Å². The highest BCUT2D eigenvalue weighted by Crippen LogP contribution is 2.25. The maximum absolute atomic E-state index is 12.7. The van der Waals surface area contributed by atoms with Crippen molar-refractivity contribution in [3.8, 4) is 23.1 Å². The maximum atomic E-state index is 12.7. The summed E-state index contributed by atoms with van der Waals surface area (Å²) in [6.07, 6.45) is 6.59. The Hall–Kier alpha value is -4.39. The highest BCUT2D eigenvalue weighted by atomic mass is 16.6. The Morgan fingerprint density at radius 3 is 2.23 bits per heavy atom. The minimum Gasteiger partial charge on any atom is -0.490 e. The number of benzene rings is 2. The highest BCUT2D eigenvalue weighted by molar-refractivity contribution is 5.70. The highest BCUT2D eigenvalue weighted by Gasteiger charge is 2.25. The first-order chi connectivity index (χ1) is 19.0. The van der Waals surface area contributed by atoms with Gasteiger partial charge in [-0.05, 0) is 91.9 Å². The Balaban J connectivity index is 1.04. The molecule has 0 atom stereocenters. The van der Waals surface area contributed by atoms with E-state index in [1.807, 2.05) is 79.9 Å². The molecule has 2 aromatic carbocycles. The van der Waals surface area contributed by atoms with Gasteiger partial charge in [0, 0.05) is 50.1 Å². The first kappa shape index (κ1) is 26.2. The molecule has 0 radical (unpaired) electrons. The van der Waals surface area contributed by atoms with Gasteiger partial charge in [-0.3, -0.25) is 4.98 Å². The van der Waals surface area contributed by atoms with Crippen molar-refractivity contribution < 1.29 is 19.0 Å². The quantitative estimate of drug-likeness (QED) is 0.255. The molecule has 0 N–H and O–H groups in total. The van der Waals surface area contributed by atoms with Crippen LogP contribution in [0.3, 0.4) is 0 Å². The van der Waals surface area contributed by atoms with Crippen molar-refractivity contribution in [1.82, 2.24) is 14.9 Å². The van der Waals surface area contributed by atoms with Gasteiger partial charge < -0.3 is 19.1 Å². The number of hydrogen-bond donors (Lipinski definition) is 0. The molecule has 0 bridgehead atoms. The van der Waals surface area contributed by atoms with E-state index in [1.54, 1.807) is 11.1 Å². The van der Waals surface area contributed by atoms with E-state index in [2.05, 4.69) is 23.0 Å². The van der Waals surface area contributed by atoms with E-state index < -0.39 is 0 Å². The lowest BCUT2D eigenvalue weighted by Crippen LogP contribution is -2.43. The van der Waals surface area contributed by atoms with Crippen molar-refractivity contribution >= 4 is 6.09 Å². The molecule has 7 heteroatoms. The second-order valence-corrected chi connectivity index (χ2v) is 9.89. The maximum Gasteiger partial charge on any atom is 0.415 e. The predicted octanol–water partition coefficient (Wildman–Crippen LogP) is 6.71. The van der Waals surface area contributed by atoms with Gasteiger partial charge >= 0.3 is 6.09 Å². The van der Waals surface area contributed by atoms with E-state index in [9.17, 15) is 4.79 Å². The van der Waals surface area contributed by atoms with Gasteiger partial charge in [0.1, 0.15) is 23.4 Å². The third-order valence-corrected chi connectivity index (χ3v) is 6.70. The van der Waals surface area contributed by atoms with E-state index in [0.29, 0.717) is 30.5 Å². The van der Waals surface area contributed by atoms with E-state index in [-0.39, 0.29) is 12.2 Å². The average Bonchev–Trinajstić information content (AvgIpc) is 2.95. The number of hydrogen-bond acceptors (Lipinski definition) is 6. The fourth-order valence-electron chi connectivity index (χ4n) is 4.47. The number of likely N-dealkylation sites (tertiary alicyclic amines) is 1. The van der Waals surface area contributed by atoms with Gasteiger partial charge in [-0.25, -0.2) is 9.78 Å². The summed E-state index contributed by atoms with van der Waals surface area (Å²) in [5.41, 5.74) is 4.57. The van der Waals surface area contributed by atoms with E-state index in [1.165, 1.54) is 11.1 Å². The second-order valence-electron chi connectivity index (χ2n) is 9.89. The van der Waals surface area contributed by atoms with Crippen LogP contribution in [0.2, 0.25) is 0 Å². The number of rotatable bonds is 8. The van der Waals surface area contributed by atoms with Crippen molar-refractivity contribution in [2.75, 3.05) is 13.1 Å². The summed E-state index contributed by atoms with van der Waals surface area (Å²) in [4.78, 5) is 23.1. The SMILES string of the molecule is Cc1ccc(Oc2ccc(OC3CCN(C(=O)Oc4ccc(CCc5cc(C)ccn5)cc4)CC3)cc2)nc1. The molecule has 1 amide bonds. The predicted molar refractivity (Wildman–Crippen MR) is 150 cm³/mol. The lowest BCUT2D eigenvalue weighted by Gasteiger charge is -2.31. The van der Waals surface area contributed by atoms with Crippen LogP contribution >= 0.6 is 0 Å². The van der Waals surface area contributed by atoms with Crippen LogP contribution in [0.5, 0.6) is 23.1 Å². The van der Waals surface area contributed by atoms with Crippen molar-refractivity contribution in [1.29, 1.82) is 0 Å². The molecule has 0 saturated carbocycles. The van der Waals surface area contributed by atoms with Crippen molar-refractivity contribution in [2.45, 2.75) is 45.6 Å². The molecule has 2 aromatic heterocycles. The molecule has 5 rings (SSSR count). The second kappa shape index (κ2) is 12.4. The van der Waals surface area contributed by atoms with E-state index in [0.717, 1.165) is 42.7 Å². The van der Waals surface area contributed by atoms with Gasteiger partial charge in [-0.15, -0.1) is 0 Å². The lowest BCUT2D eigenvalue weighted by atomic mass is 10.1. The Labute approximate surface area is 229 Å². The van der Waals surface area contributed by atoms with Crippen LogP contribution in [0.25, 0.3) is 0 Å². The van der Waals surface area contributed by atoms with Gasteiger partial charge in [0.15, 0.2) is 0 Å². The molecule has 39 heavy (non-hydrogen) atoms. The lowest BCUT2D eigenvalue weighted by molar-refractivity contribution is 0.0930. The molecule has 0 unspecified atom stereocenters.